The Hall–Kier alpha value is -0.220. The Balaban J connectivity index is 1.12. The summed E-state index contributed by atoms with van der Waals surface area (Å²) in [6.07, 6.45) is 11.8. The van der Waals surface area contributed by atoms with E-state index in [4.69, 9.17) is 0 Å². The zero-order chi connectivity index (χ0) is 16.9. The molecular weight excluding hydrogens is 328 g/mol. The summed E-state index contributed by atoms with van der Waals surface area (Å²) in [7, 11) is 0. The summed E-state index contributed by atoms with van der Waals surface area (Å²) in [4.78, 5) is 15.8. The second-order valence-corrected chi connectivity index (χ2v) is 11.1. The molecular formula is C21H34N2OS. The summed E-state index contributed by atoms with van der Waals surface area (Å²) < 4.78 is 0. The van der Waals surface area contributed by atoms with Gasteiger partial charge < -0.3 is 5.32 Å². The first-order valence-corrected chi connectivity index (χ1v) is 12.0. The topological polar surface area (TPSA) is 32.3 Å². The average Bonchev–Trinajstić information content (AvgIpc) is 3.13. The number of hydrogen-bond acceptors (Lipinski definition) is 3. The van der Waals surface area contributed by atoms with Gasteiger partial charge in [-0.3, -0.25) is 9.69 Å². The van der Waals surface area contributed by atoms with Crippen molar-refractivity contribution in [1.82, 2.24) is 10.2 Å². The van der Waals surface area contributed by atoms with Crippen molar-refractivity contribution in [3.63, 3.8) is 0 Å². The van der Waals surface area contributed by atoms with Gasteiger partial charge in [-0.2, -0.15) is 11.8 Å². The molecule has 0 radical (unpaired) electrons. The molecule has 0 aromatic heterocycles. The predicted molar refractivity (Wildman–Crippen MR) is 104 cm³/mol. The van der Waals surface area contributed by atoms with Gasteiger partial charge in [0.15, 0.2) is 0 Å². The van der Waals surface area contributed by atoms with Crippen molar-refractivity contribution in [3.8, 4) is 0 Å². The van der Waals surface area contributed by atoms with Crippen LogP contribution < -0.4 is 5.32 Å². The number of rotatable bonds is 4. The maximum absolute atomic E-state index is 13.1. The molecule has 3 nitrogen and oxygen atoms in total. The van der Waals surface area contributed by atoms with E-state index in [2.05, 4.69) is 22.0 Å². The van der Waals surface area contributed by atoms with Crippen LogP contribution in [0.5, 0.6) is 0 Å². The molecule has 2 heterocycles. The van der Waals surface area contributed by atoms with Crippen LogP contribution in [0.15, 0.2) is 0 Å². The van der Waals surface area contributed by atoms with Crippen LogP contribution in [-0.4, -0.2) is 48.0 Å². The second kappa shape index (κ2) is 6.74. The summed E-state index contributed by atoms with van der Waals surface area (Å²) in [5.41, 5.74) is 0.0382. The fourth-order valence-corrected chi connectivity index (χ4v) is 8.40. The molecule has 6 fully saturated rings. The van der Waals surface area contributed by atoms with Gasteiger partial charge in [-0.1, -0.05) is 0 Å². The van der Waals surface area contributed by atoms with Gasteiger partial charge in [0.1, 0.15) is 0 Å². The van der Waals surface area contributed by atoms with Crippen molar-refractivity contribution < 1.29 is 4.79 Å². The first kappa shape index (κ1) is 16.9. The minimum atomic E-state index is 0.0382. The Morgan fingerprint density at radius 1 is 1.00 bits per heavy atom. The van der Waals surface area contributed by atoms with Crippen LogP contribution in [0.25, 0.3) is 0 Å². The first-order valence-electron chi connectivity index (χ1n) is 10.8. The third kappa shape index (κ3) is 3.26. The maximum atomic E-state index is 13.1. The molecule has 1 N–H and O–H groups in total. The van der Waals surface area contributed by atoms with E-state index in [0.717, 1.165) is 30.3 Å². The highest BCUT2D eigenvalue weighted by Crippen LogP contribution is 2.60. The lowest BCUT2D eigenvalue weighted by Gasteiger charge is -2.55. The number of nitrogens with zero attached hydrogens (tertiary/aromatic N) is 1. The Bertz CT molecular complexity index is 473. The molecule has 0 aromatic rings. The number of thioether (sulfide) groups is 1. The summed E-state index contributed by atoms with van der Waals surface area (Å²) >= 11 is 2.12. The minimum absolute atomic E-state index is 0.0382. The Kier molecular flexibility index (Phi) is 4.56. The fraction of sp³-hybridized carbons (Fsp3) is 0.952. The lowest BCUT2D eigenvalue weighted by Crippen LogP contribution is -2.54. The number of amides is 1. The lowest BCUT2D eigenvalue weighted by molar-refractivity contribution is -0.146. The highest BCUT2D eigenvalue weighted by molar-refractivity contribution is 7.99. The van der Waals surface area contributed by atoms with E-state index >= 15 is 0 Å². The molecule has 2 aliphatic heterocycles. The van der Waals surface area contributed by atoms with Crippen LogP contribution in [0.3, 0.4) is 0 Å². The summed E-state index contributed by atoms with van der Waals surface area (Å²) in [6, 6.07) is 0.840. The van der Waals surface area contributed by atoms with Gasteiger partial charge in [0.05, 0.1) is 0 Å². The summed E-state index contributed by atoms with van der Waals surface area (Å²) in [6.45, 7) is 3.44. The van der Waals surface area contributed by atoms with Gasteiger partial charge in [-0.25, -0.2) is 0 Å². The standard InChI is InChI=1S/C21H34N2OS/c24-20(21-10-16-7-17(11-21)9-18(8-16)12-21)22-13-15-1-4-23(5-2-15)19-3-6-25-14-19/h15-19H,1-14H2,(H,22,24). The monoisotopic (exact) mass is 362 g/mol. The Morgan fingerprint density at radius 3 is 2.20 bits per heavy atom. The van der Waals surface area contributed by atoms with Crippen LogP contribution >= 0.6 is 11.8 Å². The van der Waals surface area contributed by atoms with Crippen molar-refractivity contribution in [2.24, 2.45) is 29.1 Å². The normalized spacial score (nSPS) is 44.3. The van der Waals surface area contributed by atoms with Gasteiger partial charge in [0, 0.05) is 23.8 Å². The van der Waals surface area contributed by atoms with E-state index in [1.807, 2.05) is 0 Å². The third-order valence-electron chi connectivity index (χ3n) is 8.14. The third-order valence-corrected chi connectivity index (χ3v) is 9.29. The predicted octanol–water partition coefficient (Wildman–Crippen LogP) is 3.54. The number of likely N-dealkylation sites (tertiary alicyclic amines) is 1. The molecule has 4 aliphatic carbocycles. The van der Waals surface area contributed by atoms with Crippen molar-refractivity contribution in [2.45, 2.75) is 63.8 Å². The van der Waals surface area contributed by atoms with Crippen LogP contribution in [0.4, 0.5) is 0 Å². The summed E-state index contributed by atoms with van der Waals surface area (Å²) in [5, 5.41) is 3.43. The highest BCUT2D eigenvalue weighted by Gasteiger charge is 2.54. The van der Waals surface area contributed by atoms with Gasteiger partial charge in [0.2, 0.25) is 5.91 Å². The Labute approximate surface area is 157 Å². The largest absolute Gasteiger partial charge is 0.355 e. The van der Waals surface area contributed by atoms with E-state index < -0.39 is 0 Å². The zero-order valence-corrected chi connectivity index (χ0v) is 16.4. The number of hydrogen-bond donors (Lipinski definition) is 1. The van der Waals surface area contributed by atoms with Gasteiger partial charge in [0.25, 0.3) is 0 Å². The number of piperidine rings is 1. The Morgan fingerprint density at radius 2 is 1.64 bits per heavy atom. The molecule has 1 unspecified atom stereocenters. The van der Waals surface area contributed by atoms with E-state index in [9.17, 15) is 4.79 Å². The van der Waals surface area contributed by atoms with Crippen molar-refractivity contribution >= 4 is 17.7 Å². The van der Waals surface area contributed by atoms with Crippen molar-refractivity contribution in [2.75, 3.05) is 31.1 Å². The second-order valence-electron chi connectivity index (χ2n) is 9.90. The van der Waals surface area contributed by atoms with Crippen LogP contribution in [-0.2, 0) is 4.79 Å². The van der Waals surface area contributed by atoms with Crippen LogP contribution in [0.2, 0.25) is 0 Å². The molecule has 4 heteroatoms. The molecule has 4 saturated carbocycles. The molecule has 1 amide bonds. The average molecular weight is 363 g/mol. The molecule has 0 spiro atoms. The van der Waals surface area contributed by atoms with Crippen molar-refractivity contribution in [1.29, 1.82) is 0 Å². The highest BCUT2D eigenvalue weighted by atomic mass is 32.2. The molecule has 1 atom stereocenters. The molecule has 25 heavy (non-hydrogen) atoms. The van der Waals surface area contributed by atoms with Gasteiger partial charge in [-0.05, 0) is 100 Å². The minimum Gasteiger partial charge on any atom is -0.355 e. The quantitative estimate of drug-likeness (QED) is 0.830. The molecule has 4 bridgehead atoms. The van der Waals surface area contributed by atoms with Gasteiger partial charge in [-0.15, -0.1) is 0 Å². The van der Waals surface area contributed by atoms with Crippen molar-refractivity contribution in [3.05, 3.63) is 0 Å². The van der Waals surface area contributed by atoms with E-state index in [-0.39, 0.29) is 5.41 Å². The number of carbonyl (C=O) groups excluding carboxylic acids is 1. The molecule has 6 aliphatic rings. The molecule has 0 aromatic carbocycles. The number of nitrogens with one attached hydrogen (secondary N) is 1. The lowest BCUT2D eigenvalue weighted by atomic mass is 9.49. The molecule has 2 saturated heterocycles. The SMILES string of the molecule is O=C(NCC1CCN(C2CCSC2)CC1)C12CC3CC(CC(C3)C1)C2. The zero-order valence-electron chi connectivity index (χ0n) is 15.5. The van der Waals surface area contributed by atoms with Gasteiger partial charge >= 0.3 is 0 Å². The summed E-state index contributed by atoms with van der Waals surface area (Å²) in [5.74, 6) is 6.43. The molecule has 6 rings (SSSR count). The van der Waals surface area contributed by atoms with Crippen LogP contribution in [0.1, 0.15) is 57.8 Å². The molecule has 140 valence electrons. The van der Waals surface area contributed by atoms with E-state index in [0.29, 0.717) is 11.8 Å². The maximum Gasteiger partial charge on any atom is 0.226 e. The smallest absolute Gasteiger partial charge is 0.226 e. The number of carbonyl (C=O) groups is 1. The van der Waals surface area contributed by atoms with E-state index in [1.165, 1.54) is 82.4 Å². The van der Waals surface area contributed by atoms with Crippen LogP contribution in [0, 0.1) is 29.1 Å². The fourth-order valence-electron chi connectivity index (χ4n) is 7.15. The van der Waals surface area contributed by atoms with E-state index in [1.54, 1.807) is 0 Å². The first-order chi connectivity index (χ1) is 12.2.